The maximum Gasteiger partial charge on any atom is 0.203 e. The number of hydrogen-bond donors (Lipinski definition) is 1. The van der Waals surface area contributed by atoms with Gasteiger partial charge in [0.1, 0.15) is 0 Å². The van der Waals surface area contributed by atoms with Crippen LogP contribution in [-0.2, 0) is 0 Å². The summed E-state index contributed by atoms with van der Waals surface area (Å²) in [5, 5.41) is 8.79. The molecule has 0 atom stereocenters. The zero-order chi connectivity index (χ0) is 16.6. The van der Waals surface area contributed by atoms with Crippen molar-refractivity contribution < 1.29 is 14.2 Å². The van der Waals surface area contributed by atoms with E-state index in [-0.39, 0.29) is 0 Å². The van der Waals surface area contributed by atoms with E-state index >= 15 is 0 Å². The lowest BCUT2D eigenvalue weighted by atomic mass is 10.1. The molecule has 0 saturated heterocycles. The number of ether oxygens (including phenoxy) is 3. The lowest BCUT2D eigenvalue weighted by Crippen LogP contribution is -1.98. The Hall–Kier alpha value is -2.67. The van der Waals surface area contributed by atoms with Crippen LogP contribution in [0, 0.1) is 0 Å². The predicted molar refractivity (Wildman–Crippen MR) is 87.5 cm³/mol. The number of pyridine rings is 1. The highest BCUT2D eigenvalue weighted by Gasteiger charge is 2.18. The lowest BCUT2D eigenvalue weighted by molar-refractivity contribution is 0.324. The van der Waals surface area contributed by atoms with Gasteiger partial charge in [-0.2, -0.15) is 0 Å². The van der Waals surface area contributed by atoms with Gasteiger partial charge in [-0.1, -0.05) is 11.6 Å². The van der Waals surface area contributed by atoms with E-state index in [1.807, 2.05) is 0 Å². The second-order valence-corrected chi connectivity index (χ2v) is 5.18. The smallest absolute Gasteiger partial charge is 0.203 e. The highest BCUT2D eigenvalue weighted by molar-refractivity contribution is 6.30. The third kappa shape index (κ3) is 2.49. The molecule has 0 amide bonds. The highest BCUT2D eigenvalue weighted by Crippen LogP contribution is 2.41. The molecule has 120 valence electrons. The van der Waals surface area contributed by atoms with E-state index in [0.29, 0.717) is 39.4 Å². The van der Waals surface area contributed by atoms with Crippen molar-refractivity contribution in [1.29, 1.82) is 0 Å². The summed E-state index contributed by atoms with van der Waals surface area (Å²) >= 11 is 6.08. The summed E-state index contributed by atoms with van der Waals surface area (Å²) in [4.78, 5) is 0. The number of rotatable bonds is 4. The summed E-state index contributed by atoms with van der Waals surface area (Å²) in [6.45, 7) is 0. The molecule has 0 aliphatic heterocycles. The molecule has 23 heavy (non-hydrogen) atoms. The second kappa shape index (κ2) is 5.85. The van der Waals surface area contributed by atoms with E-state index in [1.165, 1.54) is 0 Å². The van der Waals surface area contributed by atoms with E-state index in [1.54, 1.807) is 50.1 Å². The highest BCUT2D eigenvalue weighted by atomic mass is 35.5. The molecule has 0 bridgehead atoms. The molecule has 2 N–H and O–H groups in total. The van der Waals surface area contributed by atoms with Crippen LogP contribution in [0.3, 0.4) is 0 Å². The van der Waals surface area contributed by atoms with Gasteiger partial charge in [-0.15, -0.1) is 10.2 Å². The zero-order valence-corrected chi connectivity index (χ0v) is 13.6. The molecule has 0 saturated carbocycles. The number of nitrogens with zero attached hydrogens (tertiary/aromatic N) is 3. The Balaban J connectivity index is 2.27. The van der Waals surface area contributed by atoms with Gasteiger partial charge >= 0.3 is 0 Å². The fourth-order valence-corrected chi connectivity index (χ4v) is 2.61. The Bertz CT molecular complexity index is 854. The van der Waals surface area contributed by atoms with Crippen molar-refractivity contribution >= 4 is 22.9 Å². The molecule has 0 radical (unpaired) electrons. The molecule has 2 heterocycles. The molecule has 0 aliphatic rings. The molecule has 0 spiro atoms. The first-order chi connectivity index (χ1) is 11.1. The minimum Gasteiger partial charge on any atom is -0.493 e. The van der Waals surface area contributed by atoms with Crippen LogP contribution < -0.4 is 19.9 Å². The fraction of sp³-hybridized carbons (Fsp3) is 0.200. The minimum atomic E-state index is 0.448. The largest absolute Gasteiger partial charge is 0.493 e. The standard InChI is InChI=1S/C15H15ClN4O3/c1-21-11-4-8(5-12(22-2)13(11)23-3)14-18-19-15-10(17)6-9(16)7-20(14)15/h4-7H,17H2,1-3H3. The first-order valence-electron chi connectivity index (χ1n) is 6.69. The van der Waals surface area contributed by atoms with Crippen LogP contribution in [0.4, 0.5) is 5.69 Å². The van der Waals surface area contributed by atoms with Gasteiger partial charge in [-0.05, 0) is 18.2 Å². The van der Waals surface area contributed by atoms with Gasteiger partial charge in [-0.3, -0.25) is 4.40 Å². The number of nitrogen functional groups attached to an aromatic ring is 1. The molecule has 0 unspecified atom stereocenters. The first-order valence-corrected chi connectivity index (χ1v) is 7.07. The van der Waals surface area contributed by atoms with Crippen LogP contribution in [0.2, 0.25) is 5.02 Å². The van der Waals surface area contributed by atoms with Crippen molar-refractivity contribution in [3.63, 3.8) is 0 Å². The maximum atomic E-state index is 6.08. The Morgan fingerprint density at radius 3 is 2.22 bits per heavy atom. The Morgan fingerprint density at radius 2 is 1.65 bits per heavy atom. The van der Waals surface area contributed by atoms with Crippen molar-refractivity contribution in [2.75, 3.05) is 27.1 Å². The average Bonchev–Trinajstić information content (AvgIpc) is 2.97. The molecule has 7 nitrogen and oxygen atoms in total. The van der Waals surface area contributed by atoms with Crippen LogP contribution in [0.25, 0.3) is 17.0 Å². The SMILES string of the molecule is COc1cc(-c2nnc3c(N)cc(Cl)cn23)cc(OC)c1OC. The monoisotopic (exact) mass is 334 g/mol. The normalized spacial score (nSPS) is 10.8. The zero-order valence-electron chi connectivity index (χ0n) is 12.8. The van der Waals surface area contributed by atoms with Crippen molar-refractivity contribution in [1.82, 2.24) is 14.6 Å². The summed E-state index contributed by atoms with van der Waals surface area (Å²) < 4.78 is 17.8. The van der Waals surface area contributed by atoms with Crippen LogP contribution in [0.5, 0.6) is 17.2 Å². The van der Waals surface area contributed by atoms with Crippen molar-refractivity contribution in [3.05, 3.63) is 29.4 Å². The maximum absolute atomic E-state index is 6.08. The van der Waals surface area contributed by atoms with Crippen LogP contribution in [0.15, 0.2) is 24.4 Å². The summed E-state index contributed by atoms with van der Waals surface area (Å²) in [7, 11) is 4.66. The number of methoxy groups -OCH3 is 3. The molecule has 1 aromatic carbocycles. The molecule has 8 heteroatoms. The van der Waals surface area contributed by atoms with Gasteiger partial charge < -0.3 is 19.9 Å². The van der Waals surface area contributed by atoms with E-state index in [2.05, 4.69) is 10.2 Å². The number of nitrogens with two attached hydrogens (primary N) is 1. The van der Waals surface area contributed by atoms with E-state index in [0.717, 1.165) is 5.56 Å². The number of fused-ring (bicyclic) bond motifs is 1. The van der Waals surface area contributed by atoms with E-state index < -0.39 is 0 Å². The number of halogens is 1. The minimum absolute atomic E-state index is 0.448. The van der Waals surface area contributed by atoms with Gasteiger partial charge in [0.15, 0.2) is 23.0 Å². The quantitative estimate of drug-likeness (QED) is 0.789. The topological polar surface area (TPSA) is 83.9 Å². The third-order valence-corrected chi connectivity index (χ3v) is 3.63. The predicted octanol–water partition coefficient (Wildman–Crippen LogP) is 2.66. The number of anilines is 1. The first kappa shape index (κ1) is 15.2. The molecule has 0 aliphatic carbocycles. The van der Waals surface area contributed by atoms with Gasteiger partial charge in [0, 0.05) is 11.8 Å². The lowest BCUT2D eigenvalue weighted by Gasteiger charge is -2.13. The van der Waals surface area contributed by atoms with E-state index in [4.69, 9.17) is 31.5 Å². The Labute approximate surface area is 137 Å². The molecule has 2 aromatic heterocycles. The van der Waals surface area contributed by atoms with Crippen molar-refractivity contribution in [3.8, 4) is 28.6 Å². The molecule has 3 aromatic rings. The summed E-state index contributed by atoms with van der Waals surface area (Å²) in [5.41, 5.74) is 7.63. The average molecular weight is 335 g/mol. The van der Waals surface area contributed by atoms with Gasteiger partial charge in [0.05, 0.1) is 32.0 Å². The van der Waals surface area contributed by atoms with Gasteiger partial charge in [0.25, 0.3) is 0 Å². The van der Waals surface area contributed by atoms with Crippen molar-refractivity contribution in [2.24, 2.45) is 0 Å². The number of aromatic nitrogens is 3. The molecular formula is C15H15ClN4O3. The molecule has 0 fully saturated rings. The number of benzene rings is 1. The van der Waals surface area contributed by atoms with Gasteiger partial charge in [-0.25, -0.2) is 0 Å². The van der Waals surface area contributed by atoms with Crippen LogP contribution >= 0.6 is 11.6 Å². The Kier molecular flexibility index (Phi) is 3.87. The summed E-state index contributed by atoms with van der Waals surface area (Å²) in [5.74, 6) is 2.11. The van der Waals surface area contributed by atoms with E-state index in [9.17, 15) is 0 Å². The van der Waals surface area contributed by atoms with Gasteiger partial charge in [0.2, 0.25) is 5.75 Å². The number of hydrogen-bond acceptors (Lipinski definition) is 6. The summed E-state index contributed by atoms with van der Waals surface area (Å²) in [6, 6.07) is 5.20. The summed E-state index contributed by atoms with van der Waals surface area (Å²) in [6.07, 6.45) is 1.70. The third-order valence-electron chi connectivity index (χ3n) is 3.42. The Morgan fingerprint density at radius 1 is 1.00 bits per heavy atom. The van der Waals surface area contributed by atoms with Crippen LogP contribution in [-0.4, -0.2) is 35.9 Å². The van der Waals surface area contributed by atoms with Crippen LogP contribution in [0.1, 0.15) is 0 Å². The fourth-order valence-electron chi connectivity index (χ4n) is 2.39. The second-order valence-electron chi connectivity index (χ2n) is 4.74. The molecular weight excluding hydrogens is 320 g/mol. The van der Waals surface area contributed by atoms with Crippen molar-refractivity contribution in [2.45, 2.75) is 0 Å². The molecule has 3 rings (SSSR count).